The maximum atomic E-state index is 12.0. The minimum atomic E-state index is -3.78. The number of ether oxygens (including phenoxy) is 1. The SMILES string of the molecule is O=S(=O)(Cc1ccccc1)N[C@H]1[C@@H](O)[C@H](O)CO[C@@H]1O. The molecule has 0 saturated carbocycles. The van der Waals surface area contributed by atoms with E-state index in [2.05, 4.69) is 4.72 Å². The van der Waals surface area contributed by atoms with Crippen molar-refractivity contribution in [3.8, 4) is 0 Å². The molecule has 1 aromatic rings. The Hall–Kier alpha value is -1.03. The topological polar surface area (TPSA) is 116 Å². The Labute approximate surface area is 116 Å². The van der Waals surface area contributed by atoms with E-state index in [1.54, 1.807) is 30.3 Å². The molecular formula is C12H17NO6S. The van der Waals surface area contributed by atoms with Crippen molar-refractivity contribution in [1.82, 2.24) is 4.72 Å². The number of rotatable bonds is 4. The molecule has 0 radical (unpaired) electrons. The lowest BCUT2D eigenvalue weighted by atomic mass is 10.0. The summed E-state index contributed by atoms with van der Waals surface area (Å²) in [5.41, 5.74) is 0.571. The van der Waals surface area contributed by atoms with Crippen LogP contribution in [0.15, 0.2) is 30.3 Å². The molecule has 7 nitrogen and oxygen atoms in total. The lowest BCUT2D eigenvalue weighted by Gasteiger charge is -2.35. The number of sulfonamides is 1. The molecule has 0 amide bonds. The van der Waals surface area contributed by atoms with E-state index in [0.717, 1.165) is 0 Å². The van der Waals surface area contributed by atoms with E-state index in [9.17, 15) is 23.7 Å². The lowest BCUT2D eigenvalue weighted by Crippen LogP contribution is -2.60. The second kappa shape index (κ2) is 6.17. The summed E-state index contributed by atoms with van der Waals surface area (Å²) in [4.78, 5) is 0. The zero-order valence-electron chi connectivity index (χ0n) is 10.6. The Balaban J connectivity index is 2.07. The molecule has 112 valence electrons. The monoisotopic (exact) mass is 303 g/mol. The van der Waals surface area contributed by atoms with Crippen LogP contribution in [0, 0.1) is 0 Å². The van der Waals surface area contributed by atoms with Gasteiger partial charge in [0.2, 0.25) is 10.0 Å². The van der Waals surface area contributed by atoms with Crippen LogP contribution in [-0.4, -0.2) is 54.9 Å². The van der Waals surface area contributed by atoms with Crippen LogP contribution in [0.5, 0.6) is 0 Å². The second-order valence-corrected chi connectivity index (χ2v) is 6.42. The predicted octanol–water partition coefficient (Wildman–Crippen LogP) is -1.46. The molecule has 1 fully saturated rings. The fourth-order valence-electron chi connectivity index (χ4n) is 1.98. The summed E-state index contributed by atoms with van der Waals surface area (Å²) >= 11 is 0. The molecule has 1 aromatic carbocycles. The van der Waals surface area contributed by atoms with Crippen LogP contribution in [0.2, 0.25) is 0 Å². The van der Waals surface area contributed by atoms with E-state index >= 15 is 0 Å². The normalized spacial score (nSPS) is 31.1. The van der Waals surface area contributed by atoms with Gasteiger partial charge in [0.05, 0.1) is 12.4 Å². The minimum absolute atomic E-state index is 0.251. The zero-order valence-corrected chi connectivity index (χ0v) is 11.4. The van der Waals surface area contributed by atoms with E-state index in [1.165, 1.54) is 0 Å². The average molecular weight is 303 g/mol. The summed E-state index contributed by atoms with van der Waals surface area (Å²) in [5, 5.41) is 28.7. The van der Waals surface area contributed by atoms with Crippen molar-refractivity contribution in [3.63, 3.8) is 0 Å². The van der Waals surface area contributed by atoms with Crippen molar-refractivity contribution >= 4 is 10.0 Å². The van der Waals surface area contributed by atoms with Gasteiger partial charge in [0.1, 0.15) is 18.2 Å². The van der Waals surface area contributed by atoms with Gasteiger partial charge in [-0.2, -0.15) is 0 Å². The molecule has 0 bridgehead atoms. The minimum Gasteiger partial charge on any atom is -0.388 e. The molecule has 1 heterocycles. The zero-order chi connectivity index (χ0) is 14.8. The van der Waals surface area contributed by atoms with Gasteiger partial charge in [0, 0.05) is 0 Å². The first-order valence-electron chi connectivity index (χ1n) is 6.09. The van der Waals surface area contributed by atoms with Crippen molar-refractivity contribution in [2.24, 2.45) is 0 Å². The molecule has 0 aliphatic carbocycles. The molecule has 1 aliphatic rings. The van der Waals surface area contributed by atoms with E-state index in [4.69, 9.17) is 4.74 Å². The Morgan fingerprint density at radius 2 is 1.85 bits per heavy atom. The highest BCUT2D eigenvalue weighted by Crippen LogP contribution is 2.16. The van der Waals surface area contributed by atoms with Gasteiger partial charge >= 0.3 is 0 Å². The number of hydrogen-bond acceptors (Lipinski definition) is 6. The molecule has 8 heteroatoms. The molecule has 4 atom stereocenters. The highest BCUT2D eigenvalue weighted by molar-refractivity contribution is 7.88. The number of nitrogens with one attached hydrogen (secondary N) is 1. The first-order chi connectivity index (χ1) is 9.39. The molecular weight excluding hydrogens is 286 g/mol. The highest BCUT2D eigenvalue weighted by atomic mass is 32.2. The van der Waals surface area contributed by atoms with Gasteiger partial charge in [-0.1, -0.05) is 30.3 Å². The summed E-state index contributed by atoms with van der Waals surface area (Å²) in [6, 6.07) is 7.19. The maximum Gasteiger partial charge on any atom is 0.216 e. The Bertz CT molecular complexity index is 534. The van der Waals surface area contributed by atoms with Gasteiger partial charge in [0.25, 0.3) is 0 Å². The summed E-state index contributed by atoms with van der Waals surface area (Å²) in [7, 11) is -3.78. The fraction of sp³-hybridized carbons (Fsp3) is 0.500. The van der Waals surface area contributed by atoms with Crippen LogP contribution in [0.4, 0.5) is 0 Å². The van der Waals surface area contributed by atoms with E-state index in [-0.39, 0.29) is 12.4 Å². The first kappa shape index (κ1) is 15.4. The van der Waals surface area contributed by atoms with Gasteiger partial charge in [0.15, 0.2) is 6.29 Å². The van der Waals surface area contributed by atoms with Crippen LogP contribution in [0.1, 0.15) is 5.56 Å². The number of aliphatic hydroxyl groups is 3. The quantitative estimate of drug-likeness (QED) is 0.540. The van der Waals surface area contributed by atoms with Gasteiger partial charge in [-0.25, -0.2) is 13.1 Å². The summed E-state index contributed by atoms with van der Waals surface area (Å²) in [5.74, 6) is -0.292. The number of hydrogen-bond donors (Lipinski definition) is 4. The summed E-state index contributed by atoms with van der Waals surface area (Å²) < 4.78 is 30.9. The lowest BCUT2D eigenvalue weighted by molar-refractivity contribution is -0.208. The molecule has 1 saturated heterocycles. The fourth-order valence-corrected chi connectivity index (χ4v) is 3.36. The van der Waals surface area contributed by atoms with Crippen molar-refractivity contribution in [1.29, 1.82) is 0 Å². The maximum absolute atomic E-state index is 12.0. The van der Waals surface area contributed by atoms with Crippen LogP contribution in [-0.2, 0) is 20.5 Å². The van der Waals surface area contributed by atoms with Crippen LogP contribution >= 0.6 is 0 Å². The molecule has 0 spiro atoms. The molecule has 0 unspecified atom stereocenters. The summed E-state index contributed by atoms with van der Waals surface area (Å²) in [6.07, 6.45) is -4.17. The molecule has 20 heavy (non-hydrogen) atoms. The highest BCUT2D eigenvalue weighted by Gasteiger charge is 2.40. The Kier molecular flexibility index (Phi) is 4.74. The van der Waals surface area contributed by atoms with Crippen molar-refractivity contribution in [2.45, 2.75) is 30.3 Å². The van der Waals surface area contributed by atoms with Crippen molar-refractivity contribution in [2.75, 3.05) is 6.61 Å². The molecule has 1 aliphatic heterocycles. The molecule has 2 rings (SSSR count). The van der Waals surface area contributed by atoms with Gasteiger partial charge in [-0.15, -0.1) is 0 Å². The Morgan fingerprint density at radius 1 is 1.20 bits per heavy atom. The third-order valence-electron chi connectivity index (χ3n) is 3.02. The van der Waals surface area contributed by atoms with Crippen molar-refractivity contribution < 1.29 is 28.5 Å². The number of aliphatic hydroxyl groups excluding tert-OH is 3. The third kappa shape index (κ3) is 3.75. The van der Waals surface area contributed by atoms with Crippen LogP contribution < -0.4 is 4.72 Å². The van der Waals surface area contributed by atoms with E-state index < -0.39 is 34.6 Å². The van der Waals surface area contributed by atoms with E-state index in [1.807, 2.05) is 0 Å². The van der Waals surface area contributed by atoms with Crippen LogP contribution in [0.25, 0.3) is 0 Å². The molecule has 4 N–H and O–H groups in total. The summed E-state index contributed by atoms with van der Waals surface area (Å²) in [6.45, 7) is -0.251. The average Bonchev–Trinajstić information content (AvgIpc) is 2.40. The number of benzene rings is 1. The first-order valence-corrected chi connectivity index (χ1v) is 7.74. The predicted molar refractivity (Wildman–Crippen MR) is 70.0 cm³/mol. The van der Waals surface area contributed by atoms with Crippen molar-refractivity contribution in [3.05, 3.63) is 35.9 Å². The third-order valence-corrected chi connectivity index (χ3v) is 4.37. The smallest absolute Gasteiger partial charge is 0.216 e. The standard InChI is InChI=1S/C12H17NO6S/c14-9-6-19-12(16)10(11(9)15)13-20(17,18)7-8-4-2-1-3-5-8/h1-5,9-16H,6-7H2/t9-,10+,11+,12+/m1/s1. The second-order valence-electron chi connectivity index (χ2n) is 4.67. The van der Waals surface area contributed by atoms with Gasteiger partial charge in [-0.3, -0.25) is 0 Å². The largest absolute Gasteiger partial charge is 0.388 e. The van der Waals surface area contributed by atoms with Gasteiger partial charge < -0.3 is 20.1 Å². The van der Waals surface area contributed by atoms with Crippen LogP contribution in [0.3, 0.4) is 0 Å². The van der Waals surface area contributed by atoms with Gasteiger partial charge in [-0.05, 0) is 5.56 Å². The molecule has 0 aromatic heterocycles. The van der Waals surface area contributed by atoms with E-state index in [0.29, 0.717) is 5.56 Å². The Morgan fingerprint density at radius 3 is 2.50 bits per heavy atom.